The maximum absolute atomic E-state index is 13.0. The first-order valence-corrected chi connectivity index (χ1v) is 28.6. The third kappa shape index (κ3) is 28.8. The summed E-state index contributed by atoms with van der Waals surface area (Å²) in [5.74, 6) is -0.261. The molecule has 0 aromatic rings. The first kappa shape index (κ1) is 64.6. The largest absolute Gasteiger partial charge is 0.394 e. The van der Waals surface area contributed by atoms with Crippen molar-refractivity contribution in [3.05, 3.63) is 24.3 Å². The molecule has 412 valence electrons. The molecule has 12 atom stereocenters. The van der Waals surface area contributed by atoms with Crippen molar-refractivity contribution < 1.29 is 64.6 Å². The molecule has 0 radical (unpaired) electrons. The monoisotopic (exact) mass is 1000 g/mol. The molecule has 2 fully saturated rings. The van der Waals surface area contributed by atoms with E-state index < -0.39 is 86.8 Å². The van der Waals surface area contributed by atoms with Gasteiger partial charge in [-0.05, 0) is 32.1 Å². The van der Waals surface area contributed by atoms with Crippen molar-refractivity contribution >= 4 is 5.91 Å². The van der Waals surface area contributed by atoms with E-state index >= 15 is 0 Å². The van der Waals surface area contributed by atoms with Crippen LogP contribution in [0.3, 0.4) is 0 Å². The third-order valence-corrected chi connectivity index (χ3v) is 14.1. The lowest BCUT2D eigenvalue weighted by molar-refractivity contribution is -0.359. The Morgan fingerprint density at radius 3 is 1.40 bits per heavy atom. The molecule has 70 heavy (non-hydrogen) atoms. The third-order valence-electron chi connectivity index (χ3n) is 14.1. The van der Waals surface area contributed by atoms with E-state index in [0.29, 0.717) is 12.8 Å². The van der Waals surface area contributed by atoms with Gasteiger partial charge in [-0.3, -0.25) is 4.79 Å². The van der Waals surface area contributed by atoms with Crippen LogP contribution in [0.4, 0.5) is 0 Å². The van der Waals surface area contributed by atoms with Crippen LogP contribution in [0.5, 0.6) is 0 Å². The van der Waals surface area contributed by atoms with Crippen molar-refractivity contribution in [2.45, 2.75) is 306 Å². The number of carbonyl (C=O) groups excluding carboxylic acids is 1. The molecule has 2 heterocycles. The number of hydrogen-bond donors (Lipinski definition) is 9. The number of nitrogens with one attached hydrogen (secondary N) is 1. The lowest BCUT2D eigenvalue weighted by Gasteiger charge is -2.46. The summed E-state index contributed by atoms with van der Waals surface area (Å²) < 4.78 is 22.6. The molecule has 0 spiro atoms. The summed E-state index contributed by atoms with van der Waals surface area (Å²) >= 11 is 0. The van der Waals surface area contributed by atoms with Crippen LogP contribution in [0, 0.1) is 0 Å². The summed E-state index contributed by atoms with van der Waals surface area (Å²) in [6, 6.07) is -0.924. The minimum absolute atomic E-state index is 0.261. The lowest BCUT2D eigenvalue weighted by Crippen LogP contribution is -2.65. The van der Waals surface area contributed by atoms with Crippen LogP contribution < -0.4 is 5.32 Å². The minimum atomic E-state index is -1.79. The number of unbranched alkanes of at least 4 members (excludes halogenated alkanes) is 30. The van der Waals surface area contributed by atoms with Crippen LogP contribution in [0.15, 0.2) is 24.3 Å². The van der Waals surface area contributed by atoms with Gasteiger partial charge in [0.25, 0.3) is 0 Å². The maximum atomic E-state index is 13.0. The summed E-state index contributed by atoms with van der Waals surface area (Å²) in [5.41, 5.74) is 0. The topological polar surface area (TPSA) is 228 Å². The molecule has 2 saturated heterocycles. The molecule has 12 unspecified atom stereocenters. The van der Waals surface area contributed by atoms with Gasteiger partial charge in [0.15, 0.2) is 12.6 Å². The molecule has 14 nitrogen and oxygen atoms in total. The lowest BCUT2D eigenvalue weighted by atomic mass is 9.97. The van der Waals surface area contributed by atoms with Crippen LogP contribution >= 0.6 is 0 Å². The molecule has 0 saturated carbocycles. The number of amides is 1. The second-order valence-corrected chi connectivity index (χ2v) is 20.4. The Morgan fingerprint density at radius 1 is 0.500 bits per heavy atom. The predicted octanol–water partition coefficient (Wildman–Crippen LogP) is 8.89. The van der Waals surface area contributed by atoms with Crippen molar-refractivity contribution in [3.63, 3.8) is 0 Å². The highest BCUT2D eigenvalue weighted by atomic mass is 16.7. The van der Waals surface area contributed by atoms with Crippen molar-refractivity contribution in [3.8, 4) is 0 Å². The van der Waals surface area contributed by atoms with Crippen LogP contribution in [0.25, 0.3) is 0 Å². The minimum Gasteiger partial charge on any atom is -0.394 e. The summed E-state index contributed by atoms with van der Waals surface area (Å²) in [5, 5.41) is 86.4. The zero-order valence-corrected chi connectivity index (χ0v) is 44.0. The quantitative estimate of drug-likeness (QED) is 0.0205. The first-order valence-electron chi connectivity index (χ1n) is 28.6. The van der Waals surface area contributed by atoms with E-state index in [1.165, 1.54) is 161 Å². The van der Waals surface area contributed by atoms with Gasteiger partial charge in [0.2, 0.25) is 5.91 Å². The molecular weight excluding hydrogens is 895 g/mol. The number of rotatable bonds is 45. The summed E-state index contributed by atoms with van der Waals surface area (Å²) in [6.45, 7) is 2.68. The van der Waals surface area contributed by atoms with Crippen molar-refractivity contribution in [2.75, 3.05) is 19.8 Å². The van der Waals surface area contributed by atoms with Gasteiger partial charge >= 0.3 is 0 Å². The van der Waals surface area contributed by atoms with Gasteiger partial charge in [-0.2, -0.15) is 0 Å². The predicted molar refractivity (Wildman–Crippen MR) is 277 cm³/mol. The molecular formula is C56H105NO13. The highest BCUT2D eigenvalue weighted by Gasteiger charge is 2.51. The van der Waals surface area contributed by atoms with Gasteiger partial charge in [-0.1, -0.05) is 218 Å². The molecule has 1 amide bonds. The molecule has 0 aromatic heterocycles. The van der Waals surface area contributed by atoms with E-state index in [1.54, 1.807) is 6.08 Å². The highest BCUT2D eigenvalue weighted by molar-refractivity contribution is 5.76. The first-order chi connectivity index (χ1) is 34.1. The number of carbonyl (C=O) groups is 1. The summed E-state index contributed by atoms with van der Waals surface area (Å²) in [4.78, 5) is 13.0. The number of aliphatic hydroxyl groups excluding tert-OH is 8. The molecule has 14 heteroatoms. The van der Waals surface area contributed by atoms with E-state index in [1.807, 2.05) is 6.08 Å². The van der Waals surface area contributed by atoms with Gasteiger partial charge in [-0.25, -0.2) is 0 Å². The highest BCUT2D eigenvalue weighted by Crippen LogP contribution is 2.30. The molecule has 2 rings (SSSR count). The Bertz CT molecular complexity index is 1270. The zero-order chi connectivity index (χ0) is 51.0. The number of allylic oxidation sites excluding steroid dienone is 3. The molecule has 2 aliphatic heterocycles. The van der Waals surface area contributed by atoms with Crippen molar-refractivity contribution in [1.82, 2.24) is 5.32 Å². The number of aliphatic hydroxyl groups is 8. The van der Waals surface area contributed by atoms with Gasteiger partial charge in [0.05, 0.1) is 32.0 Å². The van der Waals surface area contributed by atoms with E-state index in [0.717, 1.165) is 38.5 Å². The fourth-order valence-corrected chi connectivity index (χ4v) is 9.48. The van der Waals surface area contributed by atoms with E-state index in [-0.39, 0.29) is 18.9 Å². The summed E-state index contributed by atoms with van der Waals surface area (Å²) in [6.07, 6.45) is 33.2. The maximum Gasteiger partial charge on any atom is 0.220 e. The molecule has 0 aliphatic carbocycles. The summed E-state index contributed by atoms with van der Waals surface area (Å²) in [7, 11) is 0. The Kier molecular flexibility index (Phi) is 39.5. The van der Waals surface area contributed by atoms with E-state index in [9.17, 15) is 45.6 Å². The van der Waals surface area contributed by atoms with Crippen LogP contribution in [-0.4, -0.2) is 140 Å². The SMILES string of the molecule is CCCCCCCCCCCCCCCCCCCCCCCCCCC/C=C/CC/C=C/C(O)C(COC1OC(CO)C(OC2OC(CO)C(O)C(O)C2O)C(O)C1O)NC(=O)CCCCCCC. The number of hydrogen-bond acceptors (Lipinski definition) is 13. The van der Waals surface area contributed by atoms with Crippen molar-refractivity contribution in [2.24, 2.45) is 0 Å². The zero-order valence-electron chi connectivity index (χ0n) is 44.0. The average Bonchev–Trinajstić information content (AvgIpc) is 3.36. The van der Waals surface area contributed by atoms with Crippen LogP contribution in [-0.2, 0) is 23.7 Å². The fourth-order valence-electron chi connectivity index (χ4n) is 9.48. The molecule has 0 aromatic carbocycles. The van der Waals surface area contributed by atoms with Gasteiger partial charge in [0, 0.05) is 6.42 Å². The van der Waals surface area contributed by atoms with Gasteiger partial charge in [0.1, 0.15) is 48.8 Å². The second-order valence-electron chi connectivity index (χ2n) is 20.4. The van der Waals surface area contributed by atoms with Crippen molar-refractivity contribution in [1.29, 1.82) is 0 Å². The molecule has 9 N–H and O–H groups in total. The Labute approximate surface area is 424 Å². The molecule has 2 aliphatic rings. The smallest absolute Gasteiger partial charge is 0.220 e. The standard InChI is InChI=1S/C56H105NO13/c1-3-5-7-9-10-11-12-13-14-15-16-17-18-19-20-21-22-23-24-25-26-27-28-29-30-31-32-33-34-36-37-39-45(60)44(57-48(61)40-38-35-8-6-4-2)43-67-55-53(66)51(64)54(47(42-59)69-55)70-56-52(65)50(63)49(62)46(41-58)68-56/h32-33,37,39,44-47,49-56,58-60,62-66H,3-31,34-36,38,40-43H2,1-2H3,(H,57,61)/b33-32+,39-37+. The number of ether oxygens (including phenoxy) is 4. The second kappa shape index (κ2) is 42.8. The van der Waals surface area contributed by atoms with Crippen LogP contribution in [0.1, 0.15) is 232 Å². The van der Waals surface area contributed by atoms with Gasteiger partial charge < -0.3 is 65.1 Å². The van der Waals surface area contributed by atoms with E-state index in [4.69, 9.17) is 18.9 Å². The van der Waals surface area contributed by atoms with Crippen LogP contribution in [0.2, 0.25) is 0 Å². The van der Waals surface area contributed by atoms with E-state index in [2.05, 4.69) is 31.3 Å². The van der Waals surface area contributed by atoms with Gasteiger partial charge in [-0.15, -0.1) is 0 Å². The molecule has 0 bridgehead atoms. The Hall–Kier alpha value is -1.53. The fraction of sp³-hybridized carbons (Fsp3) is 0.911. The Balaban J connectivity index is 1.61. The average molecular weight is 1000 g/mol. The normalized spacial score (nSPS) is 26.1. The Morgan fingerprint density at radius 2 is 0.914 bits per heavy atom.